The molecule has 0 aliphatic rings. The molecule has 7 heteroatoms. The molecule has 0 aromatic heterocycles. The van der Waals surface area contributed by atoms with Crippen LogP contribution >= 0.6 is 0 Å². The highest BCUT2D eigenvalue weighted by molar-refractivity contribution is 7.92. The van der Waals surface area contributed by atoms with Crippen molar-refractivity contribution in [3.8, 4) is 5.75 Å². The number of rotatable bonds is 9. The van der Waals surface area contributed by atoms with Gasteiger partial charge in [-0.1, -0.05) is 68.4 Å². The number of nitrogens with zero attached hydrogens (tertiary/aromatic N) is 1. The van der Waals surface area contributed by atoms with Gasteiger partial charge in [-0.3, -0.25) is 9.10 Å². The number of sulfonamides is 1. The first-order chi connectivity index (χ1) is 17.8. The number of carbonyl (C=O) groups excluding carboxylic acids is 1. The first-order valence-corrected chi connectivity index (χ1v) is 13.4. The molecule has 0 saturated heterocycles. The number of benzene rings is 4. The molecule has 0 radical (unpaired) electrons. The van der Waals surface area contributed by atoms with Crippen LogP contribution in [-0.4, -0.2) is 21.4 Å². The summed E-state index contributed by atoms with van der Waals surface area (Å²) in [5.74, 6) is 0.535. The summed E-state index contributed by atoms with van der Waals surface area (Å²) in [6.45, 7) is 4.27. The third kappa shape index (κ3) is 6.01. The Morgan fingerprint density at radius 2 is 1.46 bits per heavy atom. The lowest BCUT2D eigenvalue weighted by Crippen LogP contribution is -2.32. The smallest absolute Gasteiger partial charge is 0.264 e. The van der Waals surface area contributed by atoms with Crippen LogP contribution in [0.4, 0.5) is 11.4 Å². The Balaban J connectivity index is 1.74. The van der Waals surface area contributed by atoms with Crippen LogP contribution in [0.15, 0.2) is 108 Å². The molecule has 6 nitrogen and oxygen atoms in total. The minimum atomic E-state index is -4.02. The number of methoxy groups -OCH3 is 1. The lowest BCUT2D eigenvalue weighted by atomic mass is 10.0. The van der Waals surface area contributed by atoms with E-state index in [4.69, 9.17) is 4.74 Å². The Bertz CT molecular complexity index is 1450. The lowest BCUT2D eigenvalue weighted by molar-refractivity contribution is 0.102. The van der Waals surface area contributed by atoms with E-state index in [1.54, 1.807) is 36.4 Å². The average molecular weight is 515 g/mol. The third-order valence-electron chi connectivity index (χ3n) is 6.07. The van der Waals surface area contributed by atoms with Crippen LogP contribution < -0.4 is 14.4 Å². The van der Waals surface area contributed by atoms with Crippen LogP contribution in [0.3, 0.4) is 0 Å². The number of anilines is 2. The number of carbonyl (C=O) groups is 1. The maximum absolute atomic E-state index is 13.9. The Hall–Kier alpha value is -4.10. The fourth-order valence-corrected chi connectivity index (χ4v) is 5.43. The van der Waals surface area contributed by atoms with Gasteiger partial charge in [-0.2, -0.15) is 0 Å². The molecule has 1 N–H and O–H groups in total. The van der Waals surface area contributed by atoms with E-state index < -0.39 is 15.9 Å². The normalized spacial score (nSPS) is 11.2. The number of hydrogen-bond acceptors (Lipinski definition) is 4. The molecule has 4 aromatic carbocycles. The largest absolute Gasteiger partial charge is 0.497 e. The van der Waals surface area contributed by atoms with E-state index in [2.05, 4.69) is 19.2 Å². The van der Waals surface area contributed by atoms with Crippen LogP contribution in [-0.2, 0) is 16.6 Å². The van der Waals surface area contributed by atoms with Gasteiger partial charge in [0.05, 0.1) is 29.8 Å². The van der Waals surface area contributed by atoms with Gasteiger partial charge >= 0.3 is 0 Å². The van der Waals surface area contributed by atoms with Gasteiger partial charge < -0.3 is 10.1 Å². The number of para-hydroxylation sites is 1. The van der Waals surface area contributed by atoms with Crippen molar-refractivity contribution in [1.82, 2.24) is 0 Å². The van der Waals surface area contributed by atoms with Gasteiger partial charge in [-0.15, -0.1) is 0 Å². The van der Waals surface area contributed by atoms with Crippen LogP contribution in [0.2, 0.25) is 0 Å². The Labute approximate surface area is 218 Å². The summed E-state index contributed by atoms with van der Waals surface area (Å²) in [7, 11) is -2.50. The molecule has 0 heterocycles. The second-order valence-corrected chi connectivity index (χ2v) is 10.8. The second-order valence-electron chi connectivity index (χ2n) is 8.92. The Morgan fingerprint density at radius 3 is 2.08 bits per heavy atom. The number of amides is 1. The first-order valence-electron chi connectivity index (χ1n) is 12.0. The Kier molecular flexibility index (Phi) is 7.94. The highest BCUT2D eigenvalue weighted by Gasteiger charge is 2.28. The molecular formula is C30H30N2O4S. The quantitative estimate of drug-likeness (QED) is 0.278. The molecular weight excluding hydrogens is 484 g/mol. The van der Waals surface area contributed by atoms with Gasteiger partial charge in [0.2, 0.25) is 0 Å². The molecule has 0 unspecified atom stereocenters. The topological polar surface area (TPSA) is 75.7 Å². The summed E-state index contributed by atoms with van der Waals surface area (Å²) in [5, 5.41) is 2.91. The molecule has 0 saturated carbocycles. The number of hydrogen-bond donors (Lipinski definition) is 1. The minimum Gasteiger partial charge on any atom is -0.497 e. The maximum atomic E-state index is 13.9. The van der Waals surface area contributed by atoms with Gasteiger partial charge in [0.25, 0.3) is 15.9 Å². The highest BCUT2D eigenvalue weighted by atomic mass is 32.2. The zero-order valence-corrected chi connectivity index (χ0v) is 21.9. The first kappa shape index (κ1) is 26.0. The van der Waals surface area contributed by atoms with E-state index in [9.17, 15) is 13.2 Å². The molecule has 4 rings (SSSR count). The molecule has 4 aromatic rings. The predicted molar refractivity (Wildman–Crippen MR) is 148 cm³/mol. The molecule has 0 fully saturated rings. The molecule has 190 valence electrons. The van der Waals surface area contributed by atoms with Crippen molar-refractivity contribution >= 4 is 27.3 Å². The molecule has 1 amide bonds. The van der Waals surface area contributed by atoms with E-state index in [0.29, 0.717) is 23.0 Å². The number of ether oxygens (including phenoxy) is 1. The van der Waals surface area contributed by atoms with E-state index in [0.717, 1.165) is 11.1 Å². The highest BCUT2D eigenvalue weighted by Crippen LogP contribution is 2.30. The molecule has 37 heavy (non-hydrogen) atoms. The lowest BCUT2D eigenvalue weighted by Gasteiger charge is -2.26. The summed E-state index contributed by atoms with van der Waals surface area (Å²) in [6, 6.07) is 29.9. The summed E-state index contributed by atoms with van der Waals surface area (Å²) in [4.78, 5) is 13.5. The zero-order valence-electron chi connectivity index (χ0n) is 21.1. The molecule has 0 atom stereocenters. The predicted octanol–water partition coefficient (Wildman–Crippen LogP) is 6.47. The van der Waals surface area contributed by atoms with E-state index in [1.165, 1.54) is 23.5 Å². The summed E-state index contributed by atoms with van der Waals surface area (Å²) in [5.41, 5.74) is 3.14. The van der Waals surface area contributed by atoms with Gasteiger partial charge in [0.15, 0.2) is 0 Å². The molecule has 0 bridgehead atoms. The molecule has 0 aliphatic carbocycles. The van der Waals surface area contributed by atoms with Crippen molar-refractivity contribution in [2.75, 3.05) is 16.7 Å². The van der Waals surface area contributed by atoms with Gasteiger partial charge in [0.1, 0.15) is 5.75 Å². The van der Waals surface area contributed by atoms with Gasteiger partial charge in [-0.05, 0) is 65.6 Å². The average Bonchev–Trinajstić information content (AvgIpc) is 2.92. The van der Waals surface area contributed by atoms with Crippen LogP contribution in [0, 0.1) is 0 Å². The fraction of sp³-hybridized carbons (Fsp3) is 0.167. The van der Waals surface area contributed by atoms with Crippen molar-refractivity contribution in [3.63, 3.8) is 0 Å². The number of nitrogens with one attached hydrogen (secondary N) is 1. The van der Waals surface area contributed by atoms with Gasteiger partial charge in [0, 0.05) is 5.69 Å². The maximum Gasteiger partial charge on any atom is 0.264 e. The zero-order chi connectivity index (χ0) is 26.4. The van der Waals surface area contributed by atoms with Crippen molar-refractivity contribution in [3.05, 3.63) is 120 Å². The van der Waals surface area contributed by atoms with Crippen LogP contribution in [0.5, 0.6) is 5.75 Å². The van der Waals surface area contributed by atoms with E-state index >= 15 is 0 Å². The van der Waals surface area contributed by atoms with Crippen molar-refractivity contribution in [1.29, 1.82) is 0 Å². The Morgan fingerprint density at radius 1 is 0.838 bits per heavy atom. The summed E-state index contributed by atoms with van der Waals surface area (Å²) >= 11 is 0. The van der Waals surface area contributed by atoms with Crippen molar-refractivity contribution in [2.24, 2.45) is 0 Å². The van der Waals surface area contributed by atoms with Gasteiger partial charge in [-0.25, -0.2) is 8.42 Å². The fourth-order valence-electron chi connectivity index (χ4n) is 3.96. The van der Waals surface area contributed by atoms with E-state index in [1.807, 2.05) is 54.6 Å². The standard InChI is InChI=1S/C30H30N2O4S/c1-22(2)24-13-15-25(16-14-24)31-30(33)28-11-7-8-12-29(28)32(21-23-9-5-4-6-10-23)37(34,35)27-19-17-26(36-3)18-20-27/h4-20,22H,21H2,1-3H3,(H,31,33). The van der Waals surface area contributed by atoms with Crippen LogP contribution in [0.1, 0.15) is 41.3 Å². The van der Waals surface area contributed by atoms with Crippen molar-refractivity contribution in [2.45, 2.75) is 31.2 Å². The molecule has 0 spiro atoms. The minimum absolute atomic E-state index is 0.0581. The SMILES string of the molecule is COc1ccc(S(=O)(=O)N(Cc2ccccc2)c2ccccc2C(=O)Nc2ccc(C(C)C)cc2)cc1. The van der Waals surface area contributed by atoms with E-state index in [-0.39, 0.29) is 17.0 Å². The monoisotopic (exact) mass is 514 g/mol. The molecule has 0 aliphatic heterocycles. The second kappa shape index (κ2) is 11.3. The third-order valence-corrected chi connectivity index (χ3v) is 7.84. The van der Waals surface area contributed by atoms with Crippen molar-refractivity contribution < 1.29 is 17.9 Å². The summed E-state index contributed by atoms with van der Waals surface area (Å²) < 4.78 is 34.3. The van der Waals surface area contributed by atoms with Crippen LogP contribution in [0.25, 0.3) is 0 Å². The summed E-state index contributed by atoms with van der Waals surface area (Å²) in [6.07, 6.45) is 0.